The van der Waals surface area contributed by atoms with Gasteiger partial charge in [-0.25, -0.2) is 4.39 Å². The smallest absolute Gasteiger partial charge is 0.137 e. The van der Waals surface area contributed by atoms with Crippen LogP contribution < -0.4 is 0 Å². The van der Waals surface area contributed by atoms with Crippen molar-refractivity contribution in [2.24, 2.45) is 0 Å². The van der Waals surface area contributed by atoms with Gasteiger partial charge in [0.1, 0.15) is 5.82 Å². The molecule has 4 heteroatoms. The van der Waals surface area contributed by atoms with E-state index in [-0.39, 0.29) is 12.4 Å². The van der Waals surface area contributed by atoms with Crippen molar-refractivity contribution < 1.29 is 9.50 Å². The largest absolute Gasteiger partial charge is 0.395 e. The lowest BCUT2D eigenvalue weighted by Gasteiger charge is -2.25. The molecule has 90 valence electrons. The number of hydrogen-bond acceptors (Lipinski definition) is 2. The standard InChI is InChI=1S/C12H17BrFNO/c1-9(2)15(5-6-16)8-10-3-4-12(14)11(13)7-10/h3-4,7,9,16H,5-6,8H2,1-2H3. The molecule has 0 unspecified atom stereocenters. The molecule has 0 spiro atoms. The Morgan fingerprint density at radius 3 is 2.62 bits per heavy atom. The van der Waals surface area contributed by atoms with E-state index in [1.807, 2.05) is 0 Å². The van der Waals surface area contributed by atoms with Gasteiger partial charge < -0.3 is 5.11 Å². The Morgan fingerprint density at radius 1 is 1.44 bits per heavy atom. The SMILES string of the molecule is CC(C)N(CCO)Cc1ccc(F)c(Br)c1. The molecule has 1 N–H and O–H groups in total. The van der Waals surface area contributed by atoms with Crippen LogP contribution in [0.15, 0.2) is 22.7 Å². The van der Waals surface area contributed by atoms with Crippen LogP contribution in [0, 0.1) is 5.82 Å². The molecule has 0 amide bonds. The van der Waals surface area contributed by atoms with Crippen LogP contribution in [0.5, 0.6) is 0 Å². The summed E-state index contributed by atoms with van der Waals surface area (Å²) >= 11 is 3.17. The number of halogens is 2. The fourth-order valence-corrected chi connectivity index (χ4v) is 1.95. The van der Waals surface area contributed by atoms with Gasteiger partial charge in [0.05, 0.1) is 11.1 Å². The molecule has 0 aliphatic rings. The first-order valence-corrected chi connectivity index (χ1v) is 6.12. The third kappa shape index (κ3) is 3.85. The van der Waals surface area contributed by atoms with Crippen LogP contribution in [-0.2, 0) is 6.54 Å². The Balaban J connectivity index is 2.73. The molecule has 0 aromatic heterocycles. The molecule has 0 aliphatic carbocycles. The summed E-state index contributed by atoms with van der Waals surface area (Å²) < 4.78 is 13.5. The number of benzene rings is 1. The van der Waals surface area contributed by atoms with Crippen LogP contribution in [0.3, 0.4) is 0 Å². The number of rotatable bonds is 5. The third-order valence-electron chi connectivity index (χ3n) is 2.49. The molecule has 0 heterocycles. The van der Waals surface area contributed by atoms with E-state index in [0.717, 1.165) is 12.1 Å². The van der Waals surface area contributed by atoms with Crippen LogP contribution in [0.25, 0.3) is 0 Å². The first-order valence-electron chi connectivity index (χ1n) is 5.33. The maximum Gasteiger partial charge on any atom is 0.137 e. The van der Waals surface area contributed by atoms with Crippen LogP contribution in [0.2, 0.25) is 0 Å². The molecule has 0 saturated heterocycles. The molecule has 1 aromatic carbocycles. The van der Waals surface area contributed by atoms with E-state index in [4.69, 9.17) is 5.11 Å². The van der Waals surface area contributed by atoms with Crippen molar-refractivity contribution in [1.82, 2.24) is 4.90 Å². The maximum atomic E-state index is 13.0. The van der Waals surface area contributed by atoms with Crippen molar-refractivity contribution in [1.29, 1.82) is 0 Å². The van der Waals surface area contributed by atoms with Crippen molar-refractivity contribution >= 4 is 15.9 Å². The highest BCUT2D eigenvalue weighted by Gasteiger charge is 2.10. The Labute approximate surface area is 104 Å². The molecule has 0 radical (unpaired) electrons. The van der Waals surface area contributed by atoms with Crippen molar-refractivity contribution in [3.63, 3.8) is 0 Å². The van der Waals surface area contributed by atoms with Crippen LogP contribution in [-0.4, -0.2) is 29.2 Å². The number of aliphatic hydroxyl groups excluding tert-OH is 1. The number of nitrogens with zero attached hydrogens (tertiary/aromatic N) is 1. The molecule has 0 aliphatic heterocycles. The molecule has 1 rings (SSSR count). The molecule has 1 aromatic rings. The monoisotopic (exact) mass is 289 g/mol. The van der Waals surface area contributed by atoms with Crippen molar-refractivity contribution in [2.75, 3.05) is 13.2 Å². The second-order valence-corrected chi connectivity index (χ2v) is 4.89. The van der Waals surface area contributed by atoms with Crippen LogP contribution in [0.1, 0.15) is 19.4 Å². The van der Waals surface area contributed by atoms with Gasteiger partial charge in [-0.2, -0.15) is 0 Å². The van der Waals surface area contributed by atoms with E-state index in [9.17, 15) is 4.39 Å². The Bertz CT molecular complexity index is 344. The highest BCUT2D eigenvalue weighted by atomic mass is 79.9. The summed E-state index contributed by atoms with van der Waals surface area (Å²) in [4.78, 5) is 2.14. The van der Waals surface area contributed by atoms with Gasteiger partial charge in [0.25, 0.3) is 0 Å². The Kier molecular flexibility index (Phi) is 5.38. The van der Waals surface area contributed by atoms with Crippen molar-refractivity contribution in [2.45, 2.75) is 26.4 Å². The first kappa shape index (κ1) is 13.6. The maximum absolute atomic E-state index is 13.0. The summed E-state index contributed by atoms with van der Waals surface area (Å²) in [6, 6.07) is 5.36. The van der Waals surface area contributed by atoms with E-state index in [1.54, 1.807) is 12.1 Å². The lowest BCUT2D eigenvalue weighted by atomic mass is 10.2. The van der Waals surface area contributed by atoms with Crippen LogP contribution in [0.4, 0.5) is 4.39 Å². The fraction of sp³-hybridized carbons (Fsp3) is 0.500. The van der Waals surface area contributed by atoms with Crippen molar-refractivity contribution in [3.8, 4) is 0 Å². The molecular formula is C12H17BrFNO. The Morgan fingerprint density at radius 2 is 2.12 bits per heavy atom. The molecular weight excluding hydrogens is 273 g/mol. The summed E-state index contributed by atoms with van der Waals surface area (Å²) in [5.74, 6) is -0.248. The molecule has 0 saturated carbocycles. The highest BCUT2D eigenvalue weighted by Crippen LogP contribution is 2.18. The zero-order valence-electron chi connectivity index (χ0n) is 9.58. The fourth-order valence-electron chi connectivity index (χ4n) is 1.52. The van der Waals surface area contributed by atoms with Gasteiger partial charge in [-0.05, 0) is 47.5 Å². The van der Waals surface area contributed by atoms with Gasteiger partial charge in [0.2, 0.25) is 0 Å². The quantitative estimate of drug-likeness (QED) is 0.901. The summed E-state index contributed by atoms with van der Waals surface area (Å²) in [6.07, 6.45) is 0. The lowest BCUT2D eigenvalue weighted by molar-refractivity contribution is 0.159. The summed E-state index contributed by atoms with van der Waals surface area (Å²) in [5.41, 5.74) is 1.04. The van der Waals surface area contributed by atoms with E-state index in [2.05, 4.69) is 34.7 Å². The zero-order valence-corrected chi connectivity index (χ0v) is 11.2. The van der Waals surface area contributed by atoms with Crippen molar-refractivity contribution in [3.05, 3.63) is 34.1 Å². The van der Waals surface area contributed by atoms with Gasteiger partial charge in [0.15, 0.2) is 0 Å². The predicted molar refractivity (Wildman–Crippen MR) is 66.7 cm³/mol. The minimum absolute atomic E-state index is 0.139. The topological polar surface area (TPSA) is 23.5 Å². The third-order valence-corrected chi connectivity index (χ3v) is 3.09. The predicted octanol–water partition coefficient (Wildman–Crippen LogP) is 2.79. The normalized spacial score (nSPS) is 11.4. The molecule has 2 nitrogen and oxygen atoms in total. The van der Waals surface area contributed by atoms with Gasteiger partial charge in [-0.15, -0.1) is 0 Å². The minimum atomic E-state index is -0.248. The average molecular weight is 290 g/mol. The zero-order chi connectivity index (χ0) is 12.1. The number of hydrogen-bond donors (Lipinski definition) is 1. The summed E-state index contributed by atoms with van der Waals surface area (Å²) in [7, 11) is 0. The second-order valence-electron chi connectivity index (χ2n) is 4.04. The van der Waals surface area contributed by atoms with E-state index in [1.165, 1.54) is 6.07 Å². The summed E-state index contributed by atoms with van der Waals surface area (Å²) in [6.45, 7) is 5.65. The van der Waals surface area contributed by atoms with Gasteiger partial charge in [-0.1, -0.05) is 6.07 Å². The highest BCUT2D eigenvalue weighted by molar-refractivity contribution is 9.10. The second kappa shape index (κ2) is 6.33. The minimum Gasteiger partial charge on any atom is -0.395 e. The molecule has 0 atom stereocenters. The van der Waals surface area contributed by atoms with E-state index < -0.39 is 0 Å². The first-order chi connectivity index (χ1) is 7.54. The molecule has 16 heavy (non-hydrogen) atoms. The summed E-state index contributed by atoms with van der Waals surface area (Å²) in [5, 5.41) is 8.95. The van der Waals surface area contributed by atoms with E-state index >= 15 is 0 Å². The van der Waals surface area contributed by atoms with Gasteiger partial charge in [0, 0.05) is 19.1 Å². The lowest BCUT2D eigenvalue weighted by Crippen LogP contribution is -2.32. The van der Waals surface area contributed by atoms with E-state index in [0.29, 0.717) is 17.1 Å². The Hall–Kier alpha value is -0.450. The van der Waals surface area contributed by atoms with Crippen LogP contribution >= 0.6 is 15.9 Å². The molecule has 0 bridgehead atoms. The van der Waals surface area contributed by atoms with Gasteiger partial charge in [-0.3, -0.25) is 4.90 Å². The number of aliphatic hydroxyl groups is 1. The molecule has 0 fully saturated rings. The van der Waals surface area contributed by atoms with Gasteiger partial charge >= 0.3 is 0 Å². The average Bonchev–Trinajstić information content (AvgIpc) is 2.22.